The van der Waals surface area contributed by atoms with Gasteiger partial charge in [-0.3, -0.25) is 4.79 Å². The third-order valence-electron chi connectivity index (χ3n) is 4.89. The molecular weight excluding hydrogens is 354 g/mol. The summed E-state index contributed by atoms with van der Waals surface area (Å²) in [5, 5.41) is 3.64. The van der Waals surface area contributed by atoms with Gasteiger partial charge in [0.1, 0.15) is 15.4 Å². The monoisotopic (exact) mass is 377 g/mol. The summed E-state index contributed by atoms with van der Waals surface area (Å²) < 4.78 is 28.1. The lowest BCUT2D eigenvalue weighted by atomic mass is 9.99. The van der Waals surface area contributed by atoms with E-state index in [0.29, 0.717) is 36.5 Å². The fourth-order valence-corrected chi connectivity index (χ4v) is 4.95. The maximum Gasteiger partial charge on any atom is 0.336 e. The Labute approximate surface area is 152 Å². The number of carbonyl (C=O) groups is 1. The van der Waals surface area contributed by atoms with Gasteiger partial charge in [0.05, 0.1) is 17.9 Å². The highest BCUT2D eigenvalue weighted by molar-refractivity contribution is 7.91. The molecule has 140 valence electrons. The number of fused-ring (bicyclic) bond motifs is 1. The standard InChI is InChI=1S/C19H23NO5S/c1-13-2-3-16-15(12-19(22)25-17(16)10-13)11-18(21)20-7-4-14-5-8-26(23,24)9-6-14/h2-3,10,12,14H,4-9,11H2,1H3,(H,20,21). The molecule has 3 rings (SSSR count). The molecule has 1 aromatic heterocycles. The van der Waals surface area contributed by atoms with E-state index in [4.69, 9.17) is 4.42 Å². The second-order valence-electron chi connectivity index (χ2n) is 7.00. The molecule has 0 saturated carbocycles. The number of hydrogen-bond acceptors (Lipinski definition) is 5. The van der Waals surface area contributed by atoms with Gasteiger partial charge in [-0.15, -0.1) is 0 Å². The van der Waals surface area contributed by atoms with Crippen molar-refractivity contribution in [2.45, 2.75) is 32.6 Å². The van der Waals surface area contributed by atoms with E-state index in [9.17, 15) is 18.0 Å². The molecule has 6 nitrogen and oxygen atoms in total. The van der Waals surface area contributed by atoms with Gasteiger partial charge < -0.3 is 9.73 Å². The highest BCUT2D eigenvalue weighted by atomic mass is 32.2. The Morgan fingerprint density at radius 3 is 2.69 bits per heavy atom. The van der Waals surface area contributed by atoms with Gasteiger partial charge in [-0.1, -0.05) is 12.1 Å². The van der Waals surface area contributed by atoms with Crippen LogP contribution >= 0.6 is 0 Å². The molecule has 2 heterocycles. The summed E-state index contributed by atoms with van der Waals surface area (Å²) in [5.41, 5.74) is 1.66. The van der Waals surface area contributed by atoms with Gasteiger partial charge in [0.15, 0.2) is 0 Å². The van der Waals surface area contributed by atoms with Gasteiger partial charge in [0.25, 0.3) is 0 Å². The zero-order valence-electron chi connectivity index (χ0n) is 14.8. The van der Waals surface area contributed by atoms with Gasteiger partial charge in [0.2, 0.25) is 5.91 Å². The molecule has 0 radical (unpaired) electrons. The molecule has 1 N–H and O–H groups in total. The molecule has 0 aliphatic carbocycles. The van der Waals surface area contributed by atoms with E-state index >= 15 is 0 Å². The first-order valence-corrected chi connectivity index (χ1v) is 10.6. The van der Waals surface area contributed by atoms with E-state index in [1.165, 1.54) is 6.07 Å². The van der Waals surface area contributed by atoms with Gasteiger partial charge in [0, 0.05) is 18.0 Å². The zero-order chi connectivity index (χ0) is 18.7. The van der Waals surface area contributed by atoms with Crippen LogP contribution < -0.4 is 10.9 Å². The molecule has 2 aromatic rings. The first-order chi connectivity index (χ1) is 12.3. The van der Waals surface area contributed by atoms with Crippen molar-refractivity contribution in [2.24, 2.45) is 5.92 Å². The molecule has 1 aromatic carbocycles. The molecule has 0 unspecified atom stereocenters. The quantitative estimate of drug-likeness (QED) is 0.804. The van der Waals surface area contributed by atoms with Crippen molar-refractivity contribution in [3.63, 3.8) is 0 Å². The molecule has 0 atom stereocenters. The Morgan fingerprint density at radius 1 is 1.23 bits per heavy atom. The minimum atomic E-state index is -2.85. The first kappa shape index (κ1) is 18.6. The summed E-state index contributed by atoms with van der Waals surface area (Å²) in [5.74, 6) is 0.681. The van der Waals surface area contributed by atoms with Crippen LogP contribution in [0.3, 0.4) is 0 Å². The van der Waals surface area contributed by atoms with Crippen molar-refractivity contribution in [1.82, 2.24) is 5.32 Å². The predicted molar refractivity (Wildman–Crippen MR) is 99.9 cm³/mol. The second-order valence-corrected chi connectivity index (χ2v) is 9.30. The fraction of sp³-hybridized carbons (Fsp3) is 0.474. The fourth-order valence-electron chi connectivity index (χ4n) is 3.36. The van der Waals surface area contributed by atoms with Crippen LogP contribution in [0.15, 0.2) is 33.5 Å². The molecule has 1 amide bonds. The van der Waals surface area contributed by atoms with Crippen molar-refractivity contribution in [3.05, 3.63) is 45.8 Å². The van der Waals surface area contributed by atoms with Crippen molar-refractivity contribution in [1.29, 1.82) is 0 Å². The van der Waals surface area contributed by atoms with E-state index in [-0.39, 0.29) is 23.8 Å². The summed E-state index contributed by atoms with van der Waals surface area (Å²) in [6.45, 7) is 2.43. The number of amides is 1. The van der Waals surface area contributed by atoms with E-state index in [0.717, 1.165) is 17.4 Å². The van der Waals surface area contributed by atoms with E-state index in [1.807, 2.05) is 19.1 Å². The Balaban J connectivity index is 1.57. The summed E-state index contributed by atoms with van der Waals surface area (Å²) in [7, 11) is -2.85. The van der Waals surface area contributed by atoms with Crippen LogP contribution in [0.25, 0.3) is 11.0 Å². The van der Waals surface area contributed by atoms with E-state index in [2.05, 4.69) is 5.32 Å². The molecule has 0 spiro atoms. The normalized spacial score (nSPS) is 17.3. The lowest BCUT2D eigenvalue weighted by Crippen LogP contribution is -2.30. The average Bonchev–Trinajstić information content (AvgIpc) is 2.55. The van der Waals surface area contributed by atoms with Crippen LogP contribution in [-0.4, -0.2) is 32.4 Å². The van der Waals surface area contributed by atoms with Crippen molar-refractivity contribution in [2.75, 3.05) is 18.1 Å². The smallest absolute Gasteiger partial charge is 0.336 e. The van der Waals surface area contributed by atoms with E-state index in [1.54, 1.807) is 6.07 Å². The topological polar surface area (TPSA) is 93.5 Å². The van der Waals surface area contributed by atoms with Gasteiger partial charge in [-0.25, -0.2) is 13.2 Å². The molecule has 1 aliphatic rings. The molecule has 1 fully saturated rings. The Hall–Kier alpha value is -2.15. The number of sulfone groups is 1. The van der Waals surface area contributed by atoms with Crippen LogP contribution in [0, 0.1) is 12.8 Å². The number of nitrogens with one attached hydrogen (secondary N) is 1. The highest BCUT2D eigenvalue weighted by Gasteiger charge is 2.23. The largest absolute Gasteiger partial charge is 0.423 e. The van der Waals surface area contributed by atoms with Crippen LogP contribution in [-0.2, 0) is 21.1 Å². The van der Waals surface area contributed by atoms with Crippen LogP contribution in [0.2, 0.25) is 0 Å². The highest BCUT2D eigenvalue weighted by Crippen LogP contribution is 2.22. The lowest BCUT2D eigenvalue weighted by molar-refractivity contribution is -0.120. The van der Waals surface area contributed by atoms with E-state index < -0.39 is 15.5 Å². The number of benzene rings is 1. The number of rotatable bonds is 5. The number of carbonyl (C=O) groups excluding carboxylic acids is 1. The summed E-state index contributed by atoms with van der Waals surface area (Å²) >= 11 is 0. The lowest BCUT2D eigenvalue weighted by Gasteiger charge is -2.21. The van der Waals surface area contributed by atoms with Crippen LogP contribution in [0.5, 0.6) is 0 Å². The maximum absolute atomic E-state index is 12.2. The zero-order valence-corrected chi connectivity index (χ0v) is 15.6. The molecule has 1 saturated heterocycles. The Morgan fingerprint density at radius 2 is 1.96 bits per heavy atom. The summed E-state index contributed by atoms with van der Waals surface area (Å²) in [6, 6.07) is 6.93. The summed E-state index contributed by atoms with van der Waals surface area (Å²) in [6.07, 6.45) is 2.23. The molecular formula is C19H23NO5S. The summed E-state index contributed by atoms with van der Waals surface area (Å²) in [4.78, 5) is 24.0. The molecule has 0 bridgehead atoms. The predicted octanol–water partition coefficient (Wildman–Crippen LogP) is 1.98. The molecule has 26 heavy (non-hydrogen) atoms. The van der Waals surface area contributed by atoms with Crippen molar-refractivity contribution in [3.8, 4) is 0 Å². The Bertz CT molecular complexity index is 963. The SMILES string of the molecule is Cc1ccc2c(CC(=O)NCCC3CCS(=O)(=O)CC3)cc(=O)oc2c1. The third kappa shape index (κ3) is 4.72. The van der Waals surface area contributed by atoms with Gasteiger partial charge >= 0.3 is 5.63 Å². The number of aryl methyl sites for hydroxylation is 1. The van der Waals surface area contributed by atoms with Crippen LogP contribution in [0.4, 0.5) is 0 Å². The van der Waals surface area contributed by atoms with Crippen molar-refractivity contribution >= 4 is 26.7 Å². The average molecular weight is 377 g/mol. The minimum Gasteiger partial charge on any atom is -0.423 e. The molecule has 1 aliphatic heterocycles. The maximum atomic E-state index is 12.2. The van der Waals surface area contributed by atoms with Crippen LogP contribution in [0.1, 0.15) is 30.4 Å². The van der Waals surface area contributed by atoms with Gasteiger partial charge in [-0.2, -0.15) is 0 Å². The second kappa shape index (κ2) is 7.61. The first-order valence-electron chi connectivity index (χ1n) is 8.83. The molecule has 7 heteroatoms. The van der Waals surface area contributed by atoms with Gasteiger partial charge in [-0.05, 0) is 49.3 Å². The number of hydrogen-bond donors (Lipinski definition) is 1. The Kier molecular flexibility index (Phi) is 5.46. The van der Waals surface area contributed by atoms with Crippen molar-refractivity contribution < 1.29 is 17.6 Å². The third-order valence-corrected chi connectivity index (χ3v) is 6.60. The minimum absolute atomic E-state index is 0.115.